The molecule has 0 saturated heterocycles. The number of thiazole rings is 2. The molecule has 0 aromatic carbocycles. The topological polar surface area (TPSA) is 37.8 Å². The molecule has 0 amide bonds. The molecule has 10 heavy (non-hydrogen) atoms. The van der Waals surface area contributed by atoms with Crippen LogP contribution in [0.1, 0.15) is 0 Å². The van der Waals surface area contributed by atoms with Gasteiger partial charge in [-0.05, 0) is 0 Å². The van der Waals surface area contributed by atoms with Crippen molar-refractivity contribution in [3.63, 3.8) is 0 Å². The lowest BCUT2D eigenvalue weighted by atomic mass is 10.9. The Hall–Kier alpha value is -0.680. The Bertz CT molecular complexity index is 309. The van der Waals surface area contributed by atoms with Crippen LogP contribution in [0.5, 0.6) is 0 Å². The lowest BCUT2D eigenvalue weighted by Gasteiger charge is -1.84. The Morgan fingerprint density at radius 1 is 1.50 bits per heavy atom. The molecule has 0 fully saturated rings. The monoisotopic (exact) mass is 171 g/mol. The van der Waals surface area contributed by atoms with Crippen LogP contribution < -0.4 is 5.32 Å². The predicted molar refractivity (Wildman–Crippen MR) is 44.8 cm³/mol. The summed E-state index contributed by atoms with van der Waals surface area (Å²) < 4.78 is 0. The fourth-order valence-electron chi connectivity index (χ4n) is 0.688. The van der Waals surface area contributed by atoms with Crippen LogP contribution in [0.2, 0.25) is 0 Å². The first-order valence-corrected chi connectivity index (χ1v) is 4.47. The SMILES string of the molecule is CNc1nc2scnc2s1. The van der Waals surface area contributed by atoms with E-state index in [1.165, 1.54) is 0 Å². The van der Waals surface area contributed by atoms with Crippen LogP contribution in [0.4, 0.5) is 5.13 Å². The first-order valence-electron chi connectivity index (χ1n) is 2.78. The summed E-state index contributed by atoms with van der Waals surface area (Å²) in [5.41, 5.74) is 1.81. The van der Waals surface area contributed by atoms with Crippen molar-refractivity contribution in [2.24, 2.45) is 0 Å². The molecule has 0 atom stereocenters. The number of anilines is 1. The normalized spacial score (nSPS) is 10.5. The third kappa shape index (κ3) is 0.783. The van der Waals surface area contributed by atoms with Crippen LogP contribution in [0.15, 0.2) is 5.51 Å². The van der Waals surface area contributed by atoms with E-state index in [4.69, 9.17) is 0 Å². The lowest BCUT2D eigenvalue weighted by Crippen LogP contribution is -1.83. The van der Waals surface area contributed by atoms with E-state index in [2.05, 4.69) is 15.3 Å². The van der Waals surface area contributed by atoms with Gasteiger partial charge < -0.3 is 5.32 Å². The van der Waals surface area contributed by atoms with E-state index in [9.17, 15) is 0 Å². The first-order chi connectivity index (χ1) is 4.90. The molecule has 0 saturated carbocycles. The van der Waals surface area contributed by atoms with Gasteiger partial charge in [-0.25, -0.2) is 9.97 Å². The van der Waals surface area contributed by atoms with Gasteiger partial charge in [0.05, 0.1) is 5.51 Å². The van der Waals surface area contributed by atoms with Crippen LogP contribution in [0.25, 0.3) is 9.66 Å². The quantitative estimate of drug-likeness (QED) is 0.711. The summed E-state index contributed by atoms with van der Waals surface area (Å²) in [5, 5.41) is 3.92. The molecule has 0 radical (unpaired) electrons. The van der Waals surface area contributed by atoms with E-state index in [0.29, 0.717) is 0 Å². The predicted octanol–water partition coefficient (Wildman–Crippen LogP) is 1.79. The standard InChI is InChI=1S/C5H5N3S2/c1-6-5-8-4-3(10-5)7-2-9-4/h2H,1H3,(H,6,8). The maximum absolute atomic E-state index is 4.25. The third-order valence-electron chi connectivity index (χ3n) is 1.13. The van der Waals surface area contributed by atoms with E-state index in [1.54, 1.807) is 22.7 Å². The second kappa shape index (κ2) is 2.17. The molecule has 3 nitrogen and oxygen atoms in total. The smallest absolute Gasteiger partial charge is 0.185 e. The molecule has 2 rings (SSSR count). The summed E-state index contributed by atoms with van der Waals surface area (Å²) in [7, 11) is 1.86. The fourth-order valence-corrected chi connectivity index (χ4v) is 2.30. The lowest BCUT2D eigenvalue weighted by molar-refractivity contribution is 1.43. The van der Waals surface area contributed by atoms with Crippen molar-refractivity contribution in [2.45, 2.75) is 0 Å². The van der Waals surface area contributed by atoms with Crippen LogP contribution in [-0.2, 0) is 0 Å². The van der Waals surface area contributed by atoms with Gasteiger partial charge in [0, 0.05) is 7.05 Å². The molecule has 0 aliphatic carbocycles. The minimum Gasteiger partial charge on any atom is -0.364 e. The van der Waals surface area contributed by atoms with Crippen molar-refractivity contribution in [2.75, 3.05) is 12.4 Å². The molecule has 0 aliphatic rings. The van der Waals surface area contributed by atoms with E-state index in [1.807, 2.05) is 12.6 Å². The van der Waals surface area contributed by atoms with Crippen molar-refractivity contribution in [3.05, 3.63) is 5.51 Å². The van der Waals surface area contributed by atoms with Crippen molar-refractivity contribution in [1.29, 1.82) is 0 Å². The van der Waals surface area contributed by atoms with Crippen molar-refractivity contribution in [1.82, 2.24) is 9.97 Å². The fraction of sp³-hybridized carbons (Fsp3) is 0.200. The Morgan fingerprint density at radius 2 is 2.40 bits per heavy atom. The molecule has 0 aliphatic heterocycles. The molecule has 2 heterocycles. The van der Waals surface area contributed by atoms with Crippen molar-refractivity contribution < 1.29 is 0 Å². The molecule has 2 aromatic heterocycles. The van der Waals surface area contributed by atoms with Gasteiger partial charge in [0.1, 0.15) is 0 Å². The number of aromatic nitrogens is 2. The van der Waals surface area contributed by atoms with Gasteiger partial charge >= 0.3 is 0 Å². The number of rotatable bonds is 1. The molecule has 0 spiro atoms. The maximum atomic E-state index is 4.25. The van der Waals surface area contributed by atoms with E-state index >= 15 is 0 Å². The number of nitrogens with zero attached hydrogens (tertiary/aromatic N) is 2. The summed E-state index contributed by atoms with van der Waals surface area (Å²) in [6, 6.07) is 0. The zero-order valence-electron chi connectivity index (χ0n) is 5.29. The number of hydrogen-bond donors (Lipinski definition) is 1. The van der Waals surface area contributed by atoms with E-state index in [-0.39, 0.29) is 0 Å². The Morgan fingerprint density at radius 3 is 3.10 bits per heavy atom. The van der Waals surface area contributed by atoms with Gasteiger partial charge in [0.25, 0.3) is 0 Å². The van der Waals surface area contributed by atoms with Crippen LogP contribution in [0, 0.1) is 0 Å². The van der Waals surface area contributed by atoms with Crippen molar-refractivity contribution in [3.8, 4) is 0 Å². The van der Waals surface area contributed by atoms with Crippen molar-refractivity contribution >= 4 is 37.5 Å². The van der Waals surface area contributed by atoms with Gasteiger partial charge in [-0.15, -0.1) is 11.3 Å². The number of fused-ring (bicyclic) bond motifs is 1. The Labute approximate surface area is 65.7 Å². The summed E-state index contributed by atoms with van der Waals surface area (Å²) >= 11 is 3.15. The number of hydrogen-bond acceptors (Lipinski definition) is 5. The zero-order chi connectivity index (χ0) is 6.97. The van der Waals surface area contributed by atoms with Gasteiger partial charge in [-0.3, -0.25) is 0 Å². The molecule has 0 bridgehead atoms. The minimum atomic E-state index is 0.939. The summed E-state index contributed by atoms with van der Waals surface area (Å²) in [4.78, 5) is 10.4. The highest BCUT2D eigenvalue weighted by atomic mass is 32.1. The van der Waals surface area contributed by atoms with E-state index < -0.39 is 0 Å². The zero-order valence-corrected chi connectivity index (χ0v) is 6.92. The van der Waals surface area contributed by atoms with Crippen LogP contribution >= 0.6 is 22.7 Å². The highest BCUT2D eigenvalue weighted by Gasteiger charge is 2.02. The van der Waals surface area contributed by atoms with Gasteiger partial charge in [0.15, 0.2) is 14.8 Å². The average molecular weight is 171 g/mol. The Balaban J connectivity index is 2.67. The number of nitrogens with one attached hydrogen (secondary N) is 1. The molecule has 2 aromatic rings. The minimum absolute atomic E-state index is 0.939. The van der Waals surface area contributed by atoms with Crippen LogP contribution in [0.3, 0.4) is 0 Å². The summed E-state index contributed by atoms with van der Waals surface area (Å²) in [6.07, 6.45) is 0. The van der Waals surface area contributed by atoms with E-state index in [0.717, 1.165) is 14.8 Å². The molecular formula is C5H5N3S2. The maximum Gasteiger partial charge on any atom is 0.185 e. The highest BCUT2D eigenvalue weighted by molar-refractivity contribution is 7.27. The first kappa shape index (κ1) is 6.06. The largest absolute Gasteiger partial charge is 0.364 e. The molecule has 52 valence electrons. The molecular weight excluding hydrogens is 166 g/mol. The average Bonchev–Trinajstić information content (AvgIpc) is 2.42. The summed E-state index contributed by atoms with van der Waals surface area (Å²) in [5.74, 6) is 0. The van der Waals surface area contributed by atoms with Gasteiger partial charge in [0.2, 0.25) is 0 Å². The third-order valence-corrected chi connectivity index (χ3v) is 2.96. The molecule has 5 heteroatoms. The Kier molecular flexibility index (Phi) is 1.32. The van der Waals surface area contributed by atoms with Gasteiger partial charge in [-0.2, -0.15) is 0 Å². The molecule has 0 unspecified atom stereocenters. The second-order valence-electron chi connectivity index (χ2n) is 1.73. The van der Waals surface area contributed by atoms with Gasteiger partial charge in [-0.1, -0.05) is 11.3 Å². The summed E-state index contributed by atoms with van der Waals surface area (Å²) in [6.45, 7) is 0. The second-order valence-corrected chi connectivity index (χ2v) is 3.54. The molecule has 1 N–H and O–H groups in total. The van der Waals surface area contributed by atoms with Crippen LogP contribution in [-0.4, -0.2) is 17.0 Å². The highest BCUT2D eigenvalue weighted by Crippen LogP contribution is 2.26.